The summed E-state index contributed by atoms with van der Waals surface area (Å²) in [6.45, 7) is 8.85. The molecule has 0 bridgehead atoms. The number of hydrogen-bond acceptors (Lipinski definition) is 2. The van der Waals surface area contributed by atoms with Gasteiger partial charge in [0.2, 0.25) is 0 Å². The number of ether oxygens (including phenoxy) is 1. The number of hydrogen-bond donors (Lipinski definition) is 0. The number of fused-ring (bicyclic) bond motifs is 1. The first-order chi connectivity index (χ1) is 8.54. The first kappa shape index (κ1) is 12.9. The maximum atomic E-state index is 12.5. The van der Waals surface area contributed by atoms with Gasteiger partial charge in [-0.05, 0) is 38.8 Å². The third-order valence-corrected chi connectivity index (χ3v) is 3.47. The lowest BCUT2D eigenvalue weighted by Gasteiger charge is -2.27. The molecular formula is C15H21NO2. The van der Waals surface area contributed by atoms with E-state index < -0.39 is 0 Å². The summed E-state index contributed by atoms with van der Waals surface area (Å²) in [5, 5.41) is 0. The summed E-state index contributed by atoms with van der Waals surface area (Å²) in [5.74, 6) is 0.845. The monoisotopic (exact) mass is 247 g/mol. The Morgan fingerprint density at radius 1 is 1.44 bits per heavy atom. The average molecular weight is 247 g/mol. The quantitative estimate of drug-likeness (QED) is 0.804. The normalized spacial score (nSPS) is 19.5. The zero-order valence-corrected chi connectivity index (χ0v) is 11.6. The van der Waals surface area contributed by atoms with Crippen molar-refractivity contribution in [3.63, 3.8) is 0 Å². The van der Waals surface area contributed by atoms with E-state index in [1.54, 1.807) is 0 Å². The van der Waals surface area contributed by atoms with Crippen molar-refractivity contribution in [3.8, 4) is 5.75 Å². The van der Waals surface area contributed by atoms with Crippen molar-refractivity contribution in [1.29, 1.82) is 0 Å². The van der Waals surface area contributed by atoms with E-state index in [0.717, 1.165) is 17.7 Å². The lowest BCUT2D eigenvalue weighted by molar-refractivity contribution is 0.0644. The van der Waals surface area contributed by atoms with Gasteiger partial charge in [-0.1, -0.05) is 19.1 Å². The molecular weight excluding hydrogens is 226 g/mol. The van der Waals surface area contributed by atoms with E-state index in [0.29, 0.717) is 12.1 Å². The van der Waals surface area contributed by atoms with Gasteiger partial charge >= 0.3 is 0 Å². The van der Waals surface area contributed by atoms with Crippen molar-refractivity contribution in [1.82, 2.24) is 4.90 Å². The van der Waals surface area contributed by atoms with Gasteiger partial charge in [0.15, 0.2) is 0 Å². The van der Waals surface area contributed by atoms with Crippen LogP contribution in [0.5, 0.6) is 5.75 Å². The van der Waals surface area contributed by atoms with E-state index in [-0.39, 0.29) is 18.1 Å². The fourth-order valence-corrected chi connectivity index (χ4v) is 2.30. The minimum absolute atomic E-state index is 0.0821. The van der Waals surface area contributed by atoms with Crippen molar-refractivity contribution in [2.24, 2.45) is 0 Å². The topological polar surface area (TPSA) is 29.5 Å². The van der Waals surface area contributed by atoms with Crippen molar-refractivity contribution in [2.45, 2.75) is 46.3 Å². The molecule has 0 aliphatic carbocycles. The predicted molar refractivity (Wildman–Crippen MR) is 72.1 cm³/mol. The van der Waals surface area contributed by atoms with Crippen LogP contribution in [-0.4, -0.2) is 29.5 Å². The number of rotatable bonds is 2. The zero-order valence-electron chi connectivity index (χ0n) is 11.6. The van der Waals surface area contributed by atoms with E-state index >= 15 is 0 Å². The molecule has 3 heteroatoms. The van der Waals surface area contributed by atoms with Crippen LogP contribution in [0, 0.1) is 6.92 Å². The summed E-state index contributed by atoms with van der Waals surface area (Å²) in [6, 6.07) is 5.96. The minimum Gasteiger partial charge on any atom is -0.487 e. The highest BCUT2D eigenvalue weighted by molar-refractivity contribution is 5.97. The number of amides is 1. The first-order valence-electron chi connectivity index (χ1n) is 6.61. The maximum Gasteiger partial charge on any atom is 0.257 e. The first-order valence-corrected chi connectivity index (χ1v) is 6.61. The van der Waals surface area contributed by atoms with E-state index in [1.807, 2.05) is 43.9 Å². The lowest BCUT2D eigenvalue weighted by Crippen LogP contribution is -2.41. The van der Waals surface area contributed by atoms with Crippen molar-refractivity contribution < 1.29 is 9.53 Å². The second-order valence-corrected chi connectivity index (χ2v) is 5.15. The Morgan fingerprint density at radius 3 is 2.78 bits per heavy atom. The van der Waals surface area contributed by atoms with Crippen molar-refractivity contribution in [2.75, 3.05) is 6.54 Å². The second kappa shape index (κ2) is 5.01. The molecule has 0 spiro atoms. The third kappa shape index (κ3) is 2.22. The standard InChI is InChI=1S/C15H21NO2/c1-5-12-9-16(10(2)3)15(17)13-8-6-7-11(4)14(13)18-12/h6-8,10,12H,5,9H2,1-4H3. The van der Waals surface area contributed by atoms with E-state index in [2.05, 4.69) is 6.92 Å². The summed E-state index contributed by atoms with van der Waals surface area (Å²) in [5.41, 5.74) is 1.73. The Bertz CT molecular complexity index is 454. The highest BCUT2D eigenvalue weighted by atomic mass is 16.5. The highest BCUT2D eigenvalue weighted by Crippen LogP contribution is 2.30. The zero-order chi connectivity index (χ0) is 13.3. The summed E-state index contributed by atoms with van der Waals surface area (Å²) in [6.07, 6.45) is 0.989. The van der Waals surface area contributed by atoms with Gasteiger partial charge in [-0.25, -0.2) is 0 Å². The van der Waals surface area contributed by atoms with E-state index in [4.69, 9.17) is 4.74 Å². The Labute approximate surface area is 109 Å². The van der Waals surface area contributed by atoms with E-state index in [9.17, 15) is 4.79 Å². The predicted octanol–water partition coefficient (Wildman–Crippen LogP) is 3.02. The molecule has 1 unspecified atom stereocenters. The minimum atomic E-state index is 0.0821. The molecule has 1 aromatic carbocycles. The molecule has 0 N–H and O–H groups in total. The van der Waals surface area contributed by atoms with Gasteiger partial charge in [-0.2, -0.15) is 0 Å². The summed E-state index contributed by atoms with van der Waals surface area (Å²) >= 11 is 0. The van der Waals surface area contributed by atoms with Crippen LogP contribution in [0.25, 0.3) is 0 Å². The fraction of sp³-hybridized carbons (Fsp3) is 0.533. The number of carbonyl (C=O) groups is 1. The van der Waals surface area contributed by atoms with Gasteiger partial charge < -0.3 is 9.64 Å². The number of carbonyl (C=O) groups excluding carboxylic acids is 1. The van der Waals surface area contributed by atoms with Crippen LogP contribution in [0.4, 0.5) is 0 Å². The van der Waals surface area contributed by atoms with Gasteiger partial charge in [0, 0.05) is 6.04 Å². The largest absolute Gasteiger partial charge is 0.487 e. The molecule has 0 fully saturated rings. The SMILES string of the molecule is CCC1CN(C(C)C)C(=O)c2cccc(C)c2O1. The number of aryl methyl sites for hydroxylation is 1. The van der Waals surface area contributed by atoms with Crippen LogP contribution in [-0.2, 0) is 0 Å². The van der Waals surface area contributed by atoms with Crippen molar-refractivity contribution >= 4 is 5.91 Å². The van der Waals surface area contributed by atoms with Crippen LogP contribution in [0.15, 0.2) is 18.2 Å². The molecule has 1 aliphatic rings. The molecule has 1 aromatic rings. The second-order valence-electron chi connectivity index (χ2n) is 5.15. The van der Waals surface area contributed by atoms with E-state index in [1.165, 1.54) is 0 Å². The summed E-state index contributed by atoms with van der Waals surface area (Å²) < 4.78 is 6.03. The molecule has 18 heavy (non-hydrogen) atoms. The average Bonchev–Trinajstić information content (AvgIpc) is 2.48. The van der Waals surface area contributed by atoms with Crippen LogP contribution in [0.1, 0.15) is 43.1 Å². The number of benzene rings is 1. The van der Waals surface area contributed by atoms with Gasteiger partial charge in [0.1, 0.15) is 11.9 Å². The Hall–Kier alpha value is -1.51. The number of nitrogens with zero attached hydrogens (tertiary/aromatic N) is 1. The van der Waals surface area contributed by atoms with Gasteiger partial charge in [0.25, 0.3) is 5.91 Å². The van der Waals surface area contributed by atoms with Gasteiger partial charge in [-0.3, -0.25) is 4.79 Å². The van der Waals surface area contributed by atoms with Crippen LogP contribution in [0.3, 0.4) is 0 Å². The Kier molecular flexibility index (Phi) is 3.60. The van der Waals surface area contributed by atoms with Crippen LogP contribution in [0.2, 0.25) is 0 Å². The molecule has 1 atom stereocenters. The molecule has 0 aromatic heterocycles. The highest BCUT2D eigenvalue weighted by Gasteiger charge is 2.30. The van der Waals surface area contributed by atoms with Crippen LogP contribution < -0.4 is 4.74 Å². The maximum absolute atomic E-state index is 12.5. The van der Waals surface area contributed by atoms with Gasteiger partial charge in [0.05, 0.1) is 12.1 Å². The van der Waals surface area contributed by atoms with Crippen molar-refractivity contribution in [3.05, 3.63) is 29.3 Å². The molecule has 1 amide bonds. The summed E-state index contributed by atoms with van der Waals surface area (Å²) in [7, 11) is 0. The molecule has 98 valence electrons. The molecule has 1 heterocycles. The van der Waals surface area contributed by atoms with Crippen LogP contribution >= 0.6 is 0 Å². The lowest BCUT2D eigenvalue weighted by atomic mass is 10.1. The summed E-state index contributed by atoms with van der Waals surface area (Å²) in [4.78, 5) is 14.4. The molecule has 2 rings (SSSR count). The Morgan fingerprint density at radius 2 is 2.17 bits per heavy atom. The third-order valence-electron chi connectivity index (χ3n) is 3.47. The molecule has 0 saturated carbocycles. The van der Waals surface area contributed by atoms with Gasteiger partial charge in [-0.15, -0.1) is 0 Å². The molecule has 1 aliphatic heterocycles. The molecule has 3 nitrogen and oxygen atoms in total. The number of para-hydroxylation sites is 1. The fourth-order valence-electron chi connectivity index (χ4n) is 2.30. The molecule has 0 saturated heterocycles. The molecule has 0 radical (unpaired) electrons. The Balaban J connectivity index is 2.49. The smallest absolute Gasteiger partial charge is 0.257 e.